The number of para-hydroxylation sites is 1. The molecule has 2 aromatic rings. The minimum Gasteiger partial charge on any atom is -0.480 e. The monoisotopic (exact) mass is 266 g/mol. The Hall–Kier alpha value is -2.80. The molecule has 20 heavy (non-hydrogen) atoms. The summed E-state index contributed by atoms with van der Waals surface area (Å²) in [6.07, 6.45) is -0.713. The molecule has 0 saturated heterocycles. The molecule has 0 aliphatic carbocycles. The van der Waals surface area contributed by atoms with E-state index in [4.69, 9.17) is 15.7 Å². The number of nitrogens with two attached hydrogens (primary N) is 1. The summed E-state index contributed by atoms with van der Waals surface area (Å²) in [4.78, 5) is 11.1. The highest BCUT2D eigenvalue weighted by molar-refractivity contribution is 5.79. The van der Waals surface area contributed by atoms with Crippen molar-refractivity contribution < 1.29 is 9.53 Å². The number of nitriles is 1. The number of rotatable bonds is 4. The Morgan fingerprint density at radius 3 is 2.70 bits per heavy atom. The molecule has 1 atom stereocenters. The molecule has 4 heteroatoms. The van der Waals surface area contributed by atoms with Crippen LogP contribution in [0.5, 0.6) is 5.75 Å². The average molecular weight is 266 g/mol. The number of amides is 1. The van der Waals surface area contributed by atoms with E-state index < -0.39 is 12.0 Å². The van der Waals surface area contributed by atoms with Crippen LogP contribution in [0.25, 0.3) is 11.1 Å². The van der Waals surface area contributed by atoms with E-state index in [9.17, 15) is 4.79 Å². The Balaban J connectivity index is 2.41. The van der Waals surface area contributed by atoms with Gasteiger partial charge in [0.25, 0.3) is 5.91 Å². The third-order valence-corrected chi connectivity index (χ3v) is 2.89. The normalized spacial score (nSPS) is 11.4. The van der Waals surface area contributed by atoms with Crippen molar-refractivity contribution in [2.24, 2.45) is 5.73 Å². The number of carbonyl (C=O) groups is 1. The van der Waals surface area contributed by atoms with Crippen LogP contribution in [-0.2, 0) is 4.79 Å². The SMILES string of the molecule is CC(Oc1ccccc1-c1cccc(C#N)c1)C(N)=O. The van der Waals surface area contributed by atoms with Crippen molar-refractivity contribution in [2.75, 3.05) is 0 Å². The van der Waals surface area contributed by atoms with Gasteiger partial charge in [-0.15, -0.1) is 0 Å². The van der Waals surface area contributed by atoms with Crippen molar-refractivity contribution in [1.29, 1.82) is 5.26 Å². The van der Waals surface area contributed by atoms with Gasteiger partial charge in [0.1, 0.15) is 5.75 Å². The molecular weight excluding hydrogens is 252 g/mol. The fourth-order valence-corrected chi connectivity index (χ4v) is 1.81. The van der Waals surface area contributed by atoms with Gasteiger partial charge in [0, 0.05) is 5.56 Å². The zero-order valence-electron chi connectivity index (χ0n) is 11.0. The first-order valence-corrected chi connectivity index (χ1v) is 6.17. The molecule has 0 heterocycles. The van der Waals surface area contributed by atoms with E-state index in [1.54, 1.807) is 25.1 Å². The lowest BCUT2D eigenvalue weighted by Gasteiger charge is -2.15. The maximum absolute atomic E-state index is 11.1. The molecule has 0 saturated carbocycles. The van der Waals surface area contributed by atoms with E-state index in [0.717, 1.165) is 11.1 Å². The molecule has 2 aromatic carbocycles. The van der Waals surface area contributed by atoms with Crippen molar-refractivity contribution in [1.82, 2.24) is 0 Å². The molecule has 0 aliphatic rings. The van der Waals surface area contributed by atoms with Gasteiger partial charge < -0.3 is 10.5 Å². The van der Waals surface area contributed by atoms with Crippen LogP contribution in [0, 0.1) is 11.3 Å². The molecule has 2 rings (SSSR count). The van der Waals surface area contributed by atoms with Crippen LogP contribution in [0.4, 0.5) is 0 Å². The zero-order valence-corrected chi connectivity index (χ0v) is 11.0. The van der Waals surface area contributed by atoms with Crippen molar-refractivity contribution in [3.05, 3.63) is 54.1 Å². The van der Waals surface area contributed by atoms with Gasteiger partial charge >= 0.3 is 0 Å². The van der Waals surface area contributed by atoms with E-state index in [0.29, 0.717) is 11.3 Å². The average Bonchev–Trinajstić information content (AvgIpc) is 2.47. The summed E-state index contributed by atoms with van der Waals surface area (Å²) in [5, 5.41) is 8.95. The third-order valence-electron chi connectivity index (χ3n) is 2.89. The Morgan fingerprint density at radius 2 is 2.00 bits per heavy atom. The molecule has 0 bridgehead atoms. The first-order valence-electron chi connectivity index (χ1n) is 6.17. The van der Waals surface area contributed by atoms with Gasteiger partial charge in [0.15, 0.2) is 6.10 Å². The van der Waals surface area contributed by atoms with E-state index in [1.165, 1.54) is 0 Å². The second-order valence-corrected chi connectivity index (χ2v) is 4.35. The Labute approximate surface area is 117 Å². The standard InChI is InChI=1S/C16H14N2O2/c1-11(16(18)19)20-15-8-3-2-7-14(15)13-6-4-5-12(9-13)10-17/h2-9,11H,1H3,(H2,18,19). The number of hydrogen-bond donors (Lipinski definition) is 1. The van der Waals surface area contributed by atoms with Gasteiger partial charge in [0.05, 0.1) is 11.6 Å². The van der Waals surface area contributed by atoms with Gasteiger partial charge in [-0.1, -0.05) is 30.3 Å². The maximum atomic E-state index is 11.1. The fourth-order valence-electron chi connectivity index (χ4n) is 1.81. The predicted molar refractivity (Wildman–Crippen MR) is 75.9 cm³/mol. The Morgan fingerprint density at radius 1 is 1.25 bits per heavy atom. The van der Waals surface area contributed by atoms with Gasteiger partial charge in [-0.3, -0.25) is 4.79 Å². The molecule has 0 aromatic heterocycles. The smallest absolute Gasteiger partial charge is 0.258 e. The lowest BCUT2D eigenvalue weighted by Crippen LogP contribution is -2.30. The quantitative estimate of drug-likeness (QED) is 0.923. The summed E-state index contributed by atoms with van der Waals surface area (Å²) >= 11 is 0. The summed E-state index contributed by atoms with van der Waals surface area (Å²) in [7, 11) is 0. The highest BCUT2D eigenvalue weighted by atomic mass is 16.5. The molecule has 4 nitrogen and oxygen atoms in total. The lowest BCUT2D eigenvalue weighted by atomic mass is 10.0. The summed E-state index contributed by atoms with van der Waals surface area (Å²) < 4.78 is 5.58. The largest absolute Gasteiger partial charge is 0.480 e. The highest BCUT2D eigenvalue weighted by Crippen LogP contribution is 2.30. The van der Waals surface area contributed by atoms with E-state index in [2.05, 4.69) is 6.07 Å². The number of carbonyl (C=O) groups excluding carboxylic acids is 1. The van der Waals surface area contributed by atoms with Crippen LogP contribution in [0.3, 0.4) is 0 Å². The highest BCUT2D eigenvalue weighted by Gasteiger charge is 2.13. The van der Waals surface area contributed by atoms with E-state index in [-0.39, 0.29) is 0 Å². The second kappa shape index (κ2) is 5.89. The molecule has 0 fully saturated rings. The lowest BCUT2D eigenvalue weighted by molar-refractivity contribution is -0.123. The zero-order chi connectivity index (χ0) is 14.5. The van der Waals surface area contributed by atoms with Crippen LogP contribution in [0.2, 0.25) is 0 Å². The molecule has 1 unspecified atom stereocenters. The van der Waals surface area contributed by atoms with Crippen molar-refractivity contribution in [3.8, 4) is 22.9 Å². The van der Waals surface area contributed by atoms with Crippen LogP contribution in [0.1, 0.15) is 12.5 Å². The molecule has 2 N–H and O–H groups in total. The Bertz CT molecular complexity index is 674. The molecule has 0 radical (unpaired) electrons. The number of nitrogens with zero attached hydrogens (tertiary/aromatic N) is 1. The van der Waals surface area contributed by atoms with Gasteiger partial charge in [0.2, 0.25) is 0 Å². The topological polar surface area (TPSA) is 76.1 Å². The van der Waals surface area contributed by atoms with Gasteiger partial charge in [-0.05, 0) is 30.7 Å². The summed E-state index contributed by atoms with van der Waals surface area (Å²) in [6, 6.07) is 16.6. The summed E-state index contributed by atoms with van der Waals surface area (Å²) in [5.41, 5.74) is 7.46. The van der Waals surface area contributed by atoms with Gasteiger partial charge in [-0.2, -0.15) is 5.26 Å². The summed E-state index contributed by atoms with van der Waals surface area (Å²) in [5.74, 6) is 0.0412. The van der Waals surface area contributed by atoms with Crippen molar-refractivity contribution in [2.45, 2.75) is 13.0 Å². The molecular formula is C16H14N2O2. The van der Waals surface area contributed by atoms with Crippen LogP contribution in [0.15, 0.2) is 48.5 Å². The van der Waals surface area contributed by atoms with Crippen molar-refractivity contribution in [3.63, 3.8) is 0 Å². The molecule has 100 valence electrons. The number of benzene rings is 2. The molecule has 1 amide bonds. The van der Waals surface area contributed by atoms with E-state index >= 15 is 0 Å². The first-order chi connectivity index (χ1) is 9.61. The molecule has 0 spiro atoms. The van der Waals surface area contributed by atoms with Crippen LogP contribution in [-0.4, -0.2) is 12.0 Å². The van der Waals surface area contributed by atoms with Gasteiger partial charge in [-0.25, -0.2) is 0 Å². The van der Waals surface area contributed by atoms with Crippen molar-refractivity contribution >= 4 is 5.91 Å². The predicted octanol–water partition coefficient (Wildman–Crippen LogP) is 2.48. The number of ether oxygens (including phenoxy) is 1. The maximum Gasteiger partial charge on any atom is 0.258 e. The third kappa shape index (κ3) is 2.96. The van der Waals surface area contributed by atoms with Crippen LogP contribution >= 0.6 is 0 Å². The Kier molecular flexibility index (Phi) is 4.02. The fraction of sp³-hybridized carbons (Fsp3) is 0.125. The number of hydrogen-bond acceptors (Lipinski definition) is 3. The minimum atomic E-state index is -0.713. The van der Waals surface area contributed by atoms with Crippen LogP contribution < -0.4 is 10.5 Å². The minimum absolute atomic E-state index is 0.523. The first kappa shape index (κ1) is 13.6. The van der Waals surface area contributed by atoms with E-state index in [1.807, 2.05) is 30.3 Å². The molecule has 0 aliphatic heterocycles. The second-order valence-electron chi connectivity index (χ2n) is 4.35. The summed E-state index contributed by atoms with van der Waals surface area (Å²) in [6.45, 7) is 1.60. The number of primary amides is 1.